The van der Waals surface area contributed by atoms with E-state index in [2.05, 4.69) is 70.5 Å². The standard InChI is InChI=1S/C17H12N2/c1-2-6-14-10-18-17(9-13(14)5-1)19-11-15-7-3-4-8-16(15)12-19/h1-12H. The Hall–Kier alpha value is -2.61. The Morgan fingerprint density at radius 1 is 0.684 bits per heavy atom. The van der Waals surface area contributed by atoms with Crippen molar-refractivity contribution in [3.63, 3.8) is 0 Å². The third-order valence-corrected chi connectivity index (χ3v) is 3.43. The second kappa shape index (κ2) is 3.95. The molecule has 0 atom stereocenters. The van der Waals surface area contributed by atoms with Gasteiger partial charge in [0.25, 0.3) is 0 Å². The van der Waals surface area contributed by atoms with Crippen LogP contribution in [-0.4, -0.2) is 9.55 Å². The number of fused-ring (bicyclic) bond motifs is 2. The van der Waals surface area contributed by atoms with Crippen molar-refractivity contribution in [2.24, 2.45) is 0 Å². The predicted molar refractivity (Wildman–Crippen MR) is 78.6 cm³/mol. The van der Waals surface area contributed by atoms with Gasteiger partial charge in [0.15, 0.2) is 0 Å². The number of pyridine rings is 1. The molecule has 0 spiro atoms. The lowest BCUT2D eigenvalue weighted by Crippen LogP contribution is -1.93. The van der Waals surface area contributed by atoms with Crippen LogP contribution in [0.15, 0.2) is 73.2 Å². The van der Waals surface area contributed by atoms with E-state index >= 15 is 0 Å². The summed E-state index contributed by atoms with van der Waals surface area (Å²) in [6.07, 6.45) is 6.16. The number of aromatic nitrogens is 2. The summed E-state index contributed by atoms with van der Waals surface area (Å²) in [7, 11) is 0. The van der Waals surface area contributed by atoms with Crippen LogP contribution in [-0.2, 0) is 0 Å². The van der Waals surface area contributed by atoms with E-state index in [1.54, 1.807) is 0 Å². The molecule has 0 fully saturated rings. The molecule has 0 amide bonds. The molecule has 2 nitrogen and oxygen atoms in total. The average molecular weight is 244 g/mol. The highest BCUT2D eigenvalue weighted by molar-refractivity contribution is 5.85. The maximum absolute atomic E-state index is 4.54. The van der Waals surface area contributed by atoms with Crippen molar-refractivity contribution in [3.05, 3.63) is 73.2 Å². The van der Waals surface area contributed by atoms with Gasteiger partial charge in [0, 0.05) is 24.0 Å². The van der Waals surface area contributed by atoms with Crippen LogP contribution in [0, 0.1) is 0 Å². The third kappa shape index (κ3) is 1.69. The minimum absolute atomic E-state index is 0.954. The molecule has 0 N–H and O–H groups in total. The summed E-state index contributed by atoms with van der Waals surface area (Å²) >= 11 is 0. The summed E-state index contributed by atoms with van der Waals surface area (Å²) < 4.78 is 2.08. The van der Waals surface area contributed by atoms with Crippen molar-refractivity contribution in [2.45, 2.75) is 0 Å². The minimum Gasteiger partial charge on any atom is -0.307 e. The monoisotopic (exact) mass is 244 g/mol. The van der Waals surface area contributed by atoms with Crippen molar-refractivity contribution >= 4 is 21.5 Å². The third-order valence-electron chi connectivity index (χ3n) is 3.43. The van der Waals surface area contributed by atoms with Gasteiger partial charge in [-0.1, -0.05) is 48.5 Å². The van der Waals surface area contributed by atoms with Crippen LogP contribution >= 0.6 is 0 Å². The molecular formula is C17H12N2. The van der Waals surface area contributed by atoms with Gasteiger partial charge in [-0.2, -0.15) is 0 Å². The number of nitrogens with zero attached hydrogens (tertiary/aromatic N) is 2. The van der Waals surface area contributed by atoms with Crippen molar-refractivity contribution in [3.8, 4) is 5.82 Å². The van der Waals surface area contributed by atoms with Gasteiger partial charge in [-0.05, 0) is 22.2 Å². The van der Waals surface area contributed by atoms with Crippen LogP contribution in [0.1, 0.15) is 0 Å². The zero-order chi connectivity index (χ0) is 12.7. The van der Waals surface area contributed by atoms with Gasteiger partial charge in [0.2, 0.25) is 0 Å². The van der Waals surface area contributed by atoms with Gasteiger partial charge in [0.05, 0.1) is 0 Å². The van der Waals surface area contributed by atoms with Gasteiger partial charge in [-0.3, -0.25) is 0 Å². The van der Waals surface area contributed by atoms with E-state index < -0.39 is 0 Å². The summed E-state index contributed by atoms with van der Waals surface area (Å²) in [4.78, 5) is 4.54. The first-order chi connectivity index (χ1) is 9.40. The maximum atomic E-state index is 4.54. The molecular weight excluding hydrogens is 232 g/mol. The lowest BCUT2D eigenvalue weighted by molar-refractivity contribution is 1.02. The second-order valence-electron chi connectivity index (χ2n) is 4.68. The quantitative estimate of drug-likeness (QED) is 0.491. The number of benzene rings is 2. The molecule has 19 heavy (non-hydrogen) atoms. The van der Waals surface area contributed by atoms with Crippen LogP contribution < -0.4 is 0 Å². The van der Waals surface area contributed by atoms with E-state index in [1.807, 2.05) is 12.3 Å². The van der Waals surface area contributed by atoms with Gasteiger partial charge in [-0.15, -0.1) is 0 Å². The van der Waals surface area contributed by atoms with Crippen LogP contribution in [0.4, 0.5) is 0 Å². The average Bonchev–Trinajstić information content (AvgIpc) is 2.90. The van der Waals surface area contributed by atoms with Gasteiger partial charge >= 0.3 is 0 Å². The summed E-state index contributed by atoms with van der Waals surface area (Å²) in [6.45, 7) is 0. The van der Waals surface area contributed by atoms with E-state index in [0.717, 1.165) is 5.82 Å². The Morgan fingerprint density at radius 3 is 1.95 bits per heavy atom. The Labute approximate surface area is 110 Å². The number of hydrogen-bond donors (Lipinski definition) is 0. The van der Waals surface area contributed by atoms with Crippen LogP contribution in [0.5, 0.6) is 0 Å². The van der Waals surface area contributed by atoms with Crippen molar-refractivity contribution in [1.82, 2.24) is 9.55 Å². The molecule has 0 saturated carbocycles. The maximum Gasteiger partial charge on any atom is 0.137 e. The molecule has 2 heteroatoms. The number of rotatable bonds is 1. The zero-order valence-electron chi connectivity index (χ0n) is 10.3. The van der Waals surface area contributed by atoms with Gasteiger partial charge < -0.3 is 4.57 Å². The van der Waals surface area contributed by atoms with E-state index in [4.69, 9.17) is 0 Å². The molecule has 4 aromatic rings. The van der Waals surface area contributed by atoms with Crippen molar-refractivity contribution in [2.75, 3.05) is 0 Å². The lowest BCUT2D eigenvalue weighted by atomic mass is 10.2. The van der Waals surface area contributed by atoms with E-state index in [-0.39, 0.29) is 0 Å². The molecule has 2 aromatic heterocycles. The Bertz CT molecular complexity index is 841. The lowest BCUT2D eigenvalue weighted by Gasteiger charge is -2.03. The normalized spacial score (nSPS) is 11.2. The predicted octanol–water partition coefficient (Wildman–Crippen LogP) is 4.18. The molecule has 0 saturated heterocycles. The van der Waals surface area contributed by atoms with E-state index in [0.29, 0.717) is 0 Å². The fourth-order valence-electron chi connectivity index (χ4n) is 2.43. The molecule has 0 unspecified atom stereocenters. The van der Waals surface area contributed by atoms with Gasteiger partial charge in [0.1, 0.15) is 5.82 Å². The summed E-state index contributed by atoms with van der Waals surface area (Å²) in [5.74, 6) is 0.954. The molecule has 0 bridgehead atoms. The fraction of sp³-hybridized carbons (Fsp3) is 0. The SMILES string of the molecule is c1ccc2cc(-n3cc4ccccc4c3)ncc2c1. The molecule has 2 heterocycles. The highest BCUT2D eigenvalue weighted by Gasteiger charge is 2.02. The van der Waals surface area contributed by atoms with Gasteiger partial charge in [-0.25, -0.2) is 4.98 Å². The molecule has 4 rings (SSSR count). The molecule has 2 aromatic carbocycles. The van der Waals surface area contributed by atoms with Crippen molar-refractivity contribution < 1.29 is 0 Å². The second-order valence-corrected chi connectivity index (χ2v) is 4.68. The van der Waals surface area contributed by atoms with E-state index in [1.165, 1.54) is 21.5 Å². The summed E-state index contributed by atoms with van der Waals surface area (Å²) in [5.41, 5.74) is 0. The fourth-order valence-corrected chi connectivity index (χ4v) is 2.43. The first kappa shape index (κ1) is 10.3. The molecule has 0 radical (unpaired) electrons. The summed E-state index contributed by atoms with van der Waals surface area (Å²) in [6, 6.07) is 18.8. The Kier molecular flexibility index (Phi) is 2.15. The van der Waals surface area contributed by atoms with Crippen LogP contribution in [0.25, 0.3) is 27.4 Å². The van der Waals surface area contributed by atoms with Crippen LogP contribution in [0.3, 0.4) is 0 Å². The molecule has 0 aliphatic rings. The highest BCUT2D eigenvalue weighted by atomic mass is 15.0. The topological polar surface area (TPSA) is 17.8 Å². The molecule has 0 aliphatic carbocycles. The Balaban J connectivity index is 1.93. The van der Waals surface area contributed by atoms with Crippen LogP contribution in [0.2, 0.25) is 0 Å². The summed E-state index contributed by atoms with van der Waals surface area (Å²) in [5, 5.41) is 4.85. The smallest absolute Gasteiger partial charge is 0.137 e. The van der Waals surface area contributed by atoms with Crippen molar-refractivity contribution in [1.29, 1.82) is 0 Å². The molecule has 0 aliphatic heterocycles. The zero-order valence-corrected chi connectivity index (χ0v) is 10.3. The largest absolute Gasteiger partial charge is 0.307 e. The first-order valence-corrected chi connectivity index (χ1v) is 6.32. The molecule has 90 valence electrons. The first-order valence-electron chi connectivity index (χ1n) is 6.32. The number of hydrogen-bond acceptors (Lipinski definition) is 1. The Morgan fingerprint density at radius 2 is 1.26 bits per heavy atom. The minimum atomic E-state index is 0.954. The van der Waals surface area contributed by atoms with E-state index in [9.17, 15) is 0 Å². The highest BCUT2D eigenvalue weighted by Crippen LogP contribution is 2.20.